The van der Waals surface area contributed by atoms with E-state index in [4.69, 9.17) is 11.6 Å². The zero-order valence-corrected chi connectivity index (χ0v) is 14.4. The number of rotatable bonds is 7. The summed E-state index contributed by atoms with van der Waals surface area (Å²) >= 11 is 6.56. The van der Waals surface area contributed by atoms with Gasteiger partial charge in [0, 0.05) is 17.4 Å². The molecule has 1 N–H and O–H groups in total. The molecule has 0 radical (unpaired) electrons. The van der Waals surface area contributed by atoms with E-state index in [0.29, 0.717) is 23.3 Å². The molecule has 0 aromatic heterocycles. The lowest BCUT2D eigenvalue weighted by Gasteiger charge is -2.28. The molecular weight excluding hydrogens is 349 g/mol. The predicted molar refractivity (Wildman–Crippen MR) is 89.1 cm³/mol. The molecule has 0 saturated heterocycles. The summed E-state index contributed by atoms with van der Waals surface area (Å²) in [6, 6.07) is 5.48. The smallest absolute Gasteiger partial charge is 0.304 e. The molecule has 0 spiro atoms. The van der Waals surface area contributed by atoms with Crippen molar-refractivity contribution in [2.24, 2.45) is 4.99 Å². The fourth-order valence-corrected chi connectivity index (χ4v) is 3.03. The molecule has 0 aliphatic carbocycles. The van der Waals surface area contributed by atoms with E-state index in [1.165, 1.54) is 0 Å². The molecule has 3 nitrogen and oxygen atoms in total. The monoisotopic (exact) mass is 366 g/mol. The predicted octanol–water partition coefficient (Wildman–Crippen LogP) is 4.23. The molecule has 0 fully saturated rings. The van der Waals surface area contributed by atoms with Crippen molar-refractivity contribution in [3.05, 3.63) is 34.3 Å². The lowest BCUT2D eigenvalue weighted by atomic mass is 10.1. The first kappa shape index (κ1) is 20.0. The van der Waals surface area contributed by atoms with Crippen LogP contribution in [-0.2, 0) is 17.8 Å². The molecule has 0 heterocycles. The fraction of sp³-hybridized carbons (Fsp3) is 0.467. The lowest BCUT2D eigenvalue weighted by Crippen LogP contribution is -2.46. The Labute approximate surface area is 142 Å². The van der Waals surface area contributed by atoms with E-state index in [9.17, 15) is 18.0 Å². The SMILES string of the molecule is C=NC(=O)C(C)(SCNCc1c(Cl)cccc1CC)C(F)(F)F. The topological polar surface area (TPSA) is 41.5 Å². The summed E-state index contributed by atoms with van der Waals surface area (Å²) in [6.07, 6.45) is -3.94. The average Bonchev–Trinajstić information content (AvgIpc) is 2.50. The molecule has 1 amide bonds. The van der Waals surface area contributed by atoms with Gasteiger partial charge in [-0.3, -0.25) is 4.79 Å². The number of thioether (sulfide) groups is 1. The Bertz CT molecular complexity index is 580. The van der Waals surface area contributed by atoms with Gasteiger partial charge in [-0.2, -0.15) is 13.2 Å². The molecule has 1 rings (SSSR count). The van der Waals surface area contributed by atoms with Gasteiger partial charge in [-0.1, -0.05) is 30.7 Å². The van der Waals surface area contributed by atoms with E-state index in [1.807, 2.05) is 19.1 Å². The summed E-state index contributed by atoms with van der Waals surface area (Å²) in [5.41, 5.74) is 1.87. The van der Waals surface area contributed by atoms with E-state index in [1.54, 1.807) is 6.07 Å². The number of amides is 1. The summed E-state index contributed by atoms with van der Waals surface area (Å²) in [4.78, 5) is 14.4. The standard InChI is InChI=1S/C15H18ClF3N2OS/c1-4-10-6-5-7-12(16)11(10)8-21-9-23-14(2,13(22)20-3)15(17,18)19/h5-7,21H,3-4,8-9H2,1-2H3. The molecule has 1 aromatic rings. The van der Waals surface area contributed by atoms with Gasteiger partial charge >= 0.3 is 6.18 Å². The summed E-state index contributed by atoms with van der Waals surface area (Å²) in [7, 11) is 0. The third-order valence-electron chi connectivity index (χ3n) is 3.45. The van der Waals surface area contributed by atoms with Crippen LogP contribution in [0.3, 0.4) is 0 Å². The molecule has 1 unspecified atom stereocenters. The van der Waals surface area contributed by atoms with Crippen LogP contribution in [0.4, 0.5) is 13.2 Å². The molecule has 0 aliphatic heterocycles. The number of carbonyl (C=O) groups is 1. The zero-order chi connectivity index (χ0) is 17.7. The summed E-state index contributed by atoms with van der Waals surface area (Å²) in [5.74, 6) is -1.38. The quantitative estimate of drug-likeness (QED) is 0.446. The number of aryl methyl sites for hydroxylation is 1. The van der Waals surface area contributed by atoms with Gasteiger partial charge in [-0.05, 0) is 37.3 Å². The number of aliphatic imine (C=N–C) groups is 1. The fourth-order valence-electron chi connectivity index (χ4n) is 1.92. The number of carbonyl (C=O) groups excluding carboxylic acids is 1. The normalized spacial score (nSPS) is 14.3. The average molecular weight is 367 g/mol. The highest BCUT2D eigenvalue weighted by Gasteiger charge is 2.57. The third-order valence-corrected chi connectivity index (χ3v) is 5.14. The van der Waals surface area contributed by atoms with Crippen molar-refractivity contribution in [2.45, 2.75) is 37.7 Å². The van der Waals surface area contributed by atoms with Crippen molar-refractivity contribution in [3.8, 4) is 0 Å². The number of benzene rings is 1. The van der Waals surface area contributed by atoms with E-state index >= 15 is 0 Å². The minimum absolute atomic E-state index is 0.0777. The number of alkyl halides is 3. The molecule has 8 heteroatoms. The molecule has 1 atom stereocenters. The van der Waals surface area contributed by atoms with Crippen molar-refractivity contribution < 1.29 is 18.0 Å². The van der Waals surface area contributed by atoms with Gasteiger partial charge in [0.15, 0.2) is 4.75 Å². The highest BCUT2D eigenvalue weighted by Crippen LogP contribution is 2.42. The molecule has 1 aromatic carbocycles. The van der Waals surface area contributed by atoms with Gasteiger partial charge in [-0.15, -0.1) is 11.8 Å². The number of nitrogens with zero attached hydrogens (tertiary/aromatic N) is 1. The maximum atomic E-state index is 13.1. The van der Waals surface area contributed by atoms with Crippen LogP contribution >= 0.6 is 23.4 Å². The van der Waals surface area contributed by atoms with Gasteiger partial charge in [0.25, 0.3) is 5.91 Å². The van der Waals surface area contributed by atoms with E-state index in [-0.39, 0.29) is 5.88 Å². The Hall–Kier alpha value is -1.05. The second-order valence-electron chi connectivity index (χ2n) is 4.94. The summed E-state index contributed by atoms with van der Waals surface area (Å²) in [6.45, 7) is 6.00. The molecule has 0 saturated carbocycles. The number of halogens is 4. The highest BCUT2D eigenvalue weighted by molar-refractivity contribution is 8.01. The van der Waals surface area contributed by atoms with E-state index < -0.39 is 16.8 Å². The highest BCUT2D eigenvalue weighted by atomic mass is 35.5. The summed E-state index contributed by atoms with van der Waals surface area (Å²) < 4.78 is 36.7. The zero-order valence-electron chi connectivity index (χ0n) is 12.8. The maximum absolute atomic E-state index is 13.1. The van der Waals surface area contributed by atoms with Crippen LogP contribution < -0.4 is 5.32 Å². The van der Waals surface area contributed by atoms with Gasteiger partial charge < -0.3 is 5.32 Å². The maximum Gasteiger partial charge on any atom is 0.411 e. The van der Waals surface area contributed by atoms with Crippen molar-refractivity contribution in [1.29, 1.82) is 0 Å². The van der Waals surface area contributed by atoms with Crippen LogP contribution in [0.2, 0.25) is 5.02 Å². The second kappa shape index (κ2) is 8.17. The van der Waals surface area contributed by atoms with Crippen molar-refractivity contribution >= 4 is 36.0 Å². The first-order valence-corrected chi connectivity index (χ1v) is 8.22. The molecule has 128 valence electrons. The van der Waals surface area contributed by atoms with Crippen LogP contribution in [0.1, 0.15) is 25.0 Å². The van der Waals surface area contributed by atoms with Crippen molar-refractivity contribution in [2.75, 3.05) is 5.88 Å². The van der Waals surface area contributed by atoms with Crippen LogP contribution in [0, 0.1) is 0 Å². The van der Waals surface area contributed by atoms with Crippen molar-refractivity contribution in [1.82, 2.24) is 5.32 Å². The Kier molecular flexibility index (Phi) is 7.10. The van der Waals surface area contributed by atoms with Gasteiger partial charge in [-0.25, -0.2) is 4.99 Å². The number of hydrogen-bond acceptors (Lipinski definition) is 3. The number of hydrogen-bond donors (Lipinski definition) is 1. The first-order valence-electron chi connectivity index (χ1n) is 6.86. The summed E-state index contributed by atoms with van der Waals surface area (Å²) in [5, 5.41) is 3.45. The van der Waals surface area contributed by atoms with Crippen molar-refractivity contribution in [3.63, 3.8) is 0 Å². The molecular formula is C15H18ClF3N2OS. The van der Waals surface area contributed by atoms with E-state index in [2.05, 4.69) is 17.0 Å². The minimum atomic E-state index is -4.71. The second-order valence-corrected chi connectivity index (χ2v) is 6.74. The largest absolute Gasteiger partial charge is 0.411 e. The van der Waals surface area contributed by atoms with Crippen LogP contribution in [0.15, 0.2) is 23.2 Å². The Morgan fingerprint density at radius 2 is 2.09 bits per heavy atom. The van der Waals surface area contributed by atoms with Gasteiger partial charge in [0.05, 0.1) is 0 Å². The molecule has 23 heavy (non-hydrogen) atoms. The molecule has 0 bridgehead atoms. The first-order chi connectivity index (χ1) is 10.7. The Morgan fingerprint density at radius 1 is 1.43 bits per heavy atom. The van der Waals surface area contributed by atoms with Crippen LogP contribution in [0.5, 0.6) is 0 Å². The van der Waals surface area contributed by atoms with Gasteiger partial charge in [0.1, 0.15) is 0 Å². The van der Waals surface area contributed by atoms with Gasteiger partial charge in [0.2, 0.25) is 0 Å². The lowest BCUT2D eigenvalue weighted by molar-refractivity contribution is -0.166. The van der Waals surface area contributed by atoms with E-state index in [0.717, 1.165) is 24.5 Å². The Balaban J connectivity index is 2.73. The van der Waals surface area contributed by atoms with Crippen LogP contribution in [-0.4, -0.2) is 29.4 Å². The minimum Gasteiger partial charge on any atom is -0.304 e. The van der Waals surface area contributed by atoms with Crippen LogP contribution in [0.25, 0.3) is 0 Å². The number of nitrogens with one attached hydrogen (secondary N) is 1. The third kappa shape index (κ3) is 4.71. The molecule has 0 aliphatic rings. The Morgan fingerprint density at radius 3 is 2.61 bits per heavy atom.